The third kappa shape index (κ3) is 6.25. The van der Waals surface area contributed by atoms with Crippen LogP contribution in [0.15, 0.2) is 47.4 Å². The highest BCUT2D eigenvalue weighted by Crippen LogP contribution is 2.30. The Bertz CT molecular complexity index is 995. The Morgan fingerprint density at radius 3 is 2.16 bits per heavy atom. The molecular weight excluding hydrogens is 424 g/mol. The topological polar surface area (TPSA) is 103 Å². The van der Waals surface area contributed by atoms with Gasteiger partial charge in [-0.1, -0.05) is 12.1 Å². The molecule has 0 unspecified atom stereocenters. The number of hydrogen-bond acceptors (Lipinski definition) is 7. The Morgan fingerprint density at radius 2 is 1.55 bits per heavy atom. The third-order valence-corrected chi connectivity index (χ3v) is 6.19. The lowest BCUT2D eigenvalue weighted by molar-refractivity contribution is -0.121. The molecule has 2 rings (SSSR count). The van der Waals surface area contributed by atoms with Crippen LogP contribution in [0.2, 0.25) is 0 Å². The van der Waals surface area contributed by atoms with Gasteiger partial charge in [-0.3, -0.25) is 4.79 Å². The van der Waals surface area contributed by atoms with E-state index in [1.807, 2.05) is 12.1 Å². The number of likely N-dealkylation sites (N-methyl/N-ethyl adjacent to an activating group) is 1. The summed E-state index contributed by atoms with van der Waals surface area (Å²) in [6.07, 6.45) is 0. The van der Waals surface area contributed by atoms with Crippen LogP contribution in [0, 0.1) is 0 Å². The van der Waals surface area contributed by atoms with Gasteiger partial charge in [-0.05, 0) is 31.2 Å². The Kier molecular flexibility index (Phi) is 8.52. The van der Waals surface area contributed by atoms with Gasteiger partial charge in [-0.25, -0.2) is 8.42 Å². The summed E-state index contributed by atoms with van der Waals surface area (Å²) in [7, 11) is 1.85. The predicted octanol–water partition coefficient (Wildman–Crippen LogP) is 1.92. The highest BCUT2D eigenvalue weighted by molar-refractivity contribution is 7.89. The maximum atomic E-state index is 12.8. The van der Waals surface area contributed by atoms with Gasteiger partial charge >= 0.3 is 0 Å². The normalized spacial score (nSPS) is 12.2. The van der Waals surface area contributed by atoms with Crippen LogP contribution in [0.5, 0.6) is 23.0 Å². The van der Waals surface area contributed by atoms with Gasteiger partial charge in [0, 0.05) is 13.1 Å². The molecular formula is C21H28N2O7S. The summed E-state index contributed by atoms with van der Waals surface area (Å²) in [5.74, 6) is 1.37. The number of rotatable bonds is 11. The SMILES string of the molecule is COc1ccc(S(=O)(=O)N(C)CC(=O)N[C@H](C)COc2ccccc2OC)cc1OC. The summed E-state index contributed by atoms with van der Waals surface area (Å²) >= 11 is 0. The zero-order valence-electron chi connectivity index (χ0n) is 18.2. The minimum atomic E-state index is -3.90. The number of sulfonamides is 1. The van der Waals surface area contributed by atoms with Crippen molar-refractivity contribution in [3.8, 4) is 23.0 Å². The van der Waals surface area contributed by atoms with Crippen molar-refractivity contribution in [2.45, 2.75) is 17.9 Å². The Morgan fingerprint density at radius 1 is 0.968 bits per heavy atom. The molecule has 1 atom stereocenters. The molecule has 0 aliphatic heterocycles. The summed E-state index contributed by atoms with van der Waals surface area (Å²) in [5.41, 5.74) is 0. The van der Waals surface area contributed by atoms with Crippen molar-refractivity contribution >= 4 is 15.9 Å². The molecule has 0 radical (unpaired) electrons. The maximum Gasteiger partial charge on any atom is 0.243 e. The lowest BCUT2D eigenvalue weighted by atomic mass is 10.3. The second kappa shape index (κ2) is 10.9. The van der Waals surface area contributed by atoms with Gasteiger partial charge in [-0.15, -0.1) is 0 Å². The van der Waals surface area contributed by atoms with Gasteiger partial charge in [-0.2, -0.15) is 4.31 Å². The molecule has 0 bridgehead atoms. The minimum Gasteiger partial charge on any atom is -0.493 e. The van der Waals surface area contributed by atoms with Gasteiger partial charge < -0.3 is 24.3 Å². The fourth-order valence-corrected chi connectivity index (χ4v) is 3.90. The first kappa shape index (κ1) is 24.3. The van der Waals surface area contributed by atoms with Crippen LogP contribution in [-0.2, 0) is 14.8 Å². The predicted molar refractivity (Wildman–Crippen MR) is 115 cm³/mol. The standard InChI is InChI=1S/C21H28N2O7S/c1-15(14-30-19-9-7-6-8-17(19)27-3)22-21(24)13-23(2)31(25,26)16-10-11-18(28-4)20(12-16)29-5/h6-12,15H,13-14H2,1-5H3,(H,22,24)/t15-/m1/s1. The van der Waals surface area contributed by atoms with E-state index in [-0.39, 0.29) is 29.8 Å². The second-order valence-corrected chi connectivity index (χ2v) is 8.75. The number of nitrogens with zero attached hydrogens (tertiary/aromatic N) is 1. The van der Waals surface area contributed by atoms with E-state index in [0.717, 1.165) is 4.31 Å². The average molecular weight is 453 g/mol. The highest BCUT2D eigenvalue weighted by Gasteiger charge is 2.25. The van der Waals surface area contributed by atoms with E-state index >= 15 is 0 Å². The maximum absolute atomic E-state index is 12.8. The van der Waals surface area contributed by atoms with Crippen LogP contribution in [0.4, 0.5) is 0 Å². The average Bonchev–Trinajstić information content (AvgIpc) is 2.76. The van der Waals surface area contributed by atoms with Crippen LogP contribution in [0.3, 0.4) is 0 Å². The zero-order chi connectivity index (χ0) is 23.0. The van der Waals surface area contributed by atoms with Gasteiger partial charge in [0.25, 0.3) is 0 Å². The number of para-hydroxylation sites is 2. The number of benzene rings is 2. The molecule has 0 aromatic heterocycles. The Labute approximate surface area is 182 Å². The van der Waals surface area contributed by atoms with E-state index in [1.165, 1.54) is 39.5 Å². The number of hydrogen-bond donors (Lipinski definition) is 1. The van der Waals surface area contributed by atoms with E-state index in [1.54, 1.807) is 26.2 Å². The molecule has 9 nitrogen and oxygen atoms in total. The summed E-state index contributed by atoms with van der Waals surface area (Å²) in [6.45, 7) is 1.60. The minimum absolute atomic E-state index is 0.00648. The van der Waals surface area contributed by atoms with Gasteiger partial charge in [0.2, 0.25) is 15.9 Å². The van der Waals surface area contributed by atoms with Gasteiger partial charge in [0.05, 0.1) is 38.8 Å². The lowest BCUT2D eigenvalue weighted by Gasteiger charge is -2.20. The van der Waals surface area contributed by atoms with Crippen LogP contribution >= 0.6 is 0 Å². The molecule has 1 amide bonds. The molecule has 170 valence electrons. The van der Waals surface area contributed by atoms with Crippen molar-refractivity contribution in [2.75, 3.05) is 41.5 Å². The molecule has 0 fully saturated rings. The number of carbonyl (C=O) groups is 1. The first-order valence-electron chi connectivity index (χ1n) is 9.46. The van der Waals surface area contributed by atoms with Crippen molar-refractivity contribution in [3.63, 3.8) is 0 Å². The van der Waals surface area contributed by atoms with E-state index < -0.39 is 15.9 Å². The number of nitrogens with one attached hydrogen (secondary N) is 1. The monoisotopic (exact) mass is 452 g/mol. The Hall–Kier alpha value is -2.98. The quantitative estimate of drug-likeness (QED) is 0.556. The third-order valence-electron chi connectivity index (χ3n) is 4.39. The number of ether oxygens (including phenoxy) is 4. The number of amides is 1. The van der Waals surface area contributed by atoms with Crippen molar-refractivity contribution in [1.82, 2.24) is 9.62 Å². The van der Waals surface area contributed by atoms with Gasteiger partial charge in [0.15, 0.2) is 23.0 Å². The molecule has 2 aromatic rings. The van der Waals surface area contributed by atoms with Gasteiger partial charge in [0.1, 0.15) is 6.61 Å². The van der Waals surface area contributed by atoms with Crippen molar-refractivity contribution in [2.24, 2.45) is 0 Å². The van der Waals surface area contributed by atoms with Crippen LogP contribution in [0.1, 0.15) is 6.92 Å². The van der Waals surface area contributed by atoms with Crippen molar-refractivity contribution in [1.29, 1.82) is 0 Å². The fourth-order valence-electron chi connectivity index (χ4n) is 2.76. The highest BCUT2D eigenvalue weighted by atomic mass is 32.2. The summed E-state index contributed by atoms with van der Waals surface area (Å²) in [4.78, 5) is 12.4. The molecule has 1 N–H and O–H groups in total. The second-order valence-electron chi connectivity index (χ2n) is 6.71. The largest absolute Gasteiger partial charge is 0.493 e. The fraction of sp³-hybridized carbons (Fsp3) is 0.381. The molecule has 0 saturated carbocycles. The molecule has 0 aliphatic carbocycles. The molecule has 2 aromatic carbocycles. The van der Waals surface area contributed by atoms with Crippen molar-refractivity contribution in [3.05, 3.63) is 42.5 Å². The number of methoxy groups -OCH3 is 3. The van der Waals surface area contributed by atoms with Crippen LogP contribution < -0.4 is 24.3 Å². The van der Waals surface area contributed by atoms with E-state index in [4.69, 9.17) is 18.9 Å². The molecule has 0 heterocycles. The molecule has 10 heteroatoms. The Balaban J connectivity index is 1.96. The lowest BCUT2D eigenvalue weighted by Crippen LogP contribution is -2.43. The summed E-state index contributed by atoms with van der Waals surface area (Å²) < 4.78 is 47.8. The summed E-state index contributed by atoms with van der Waals surface area (Å²) in [5, 5.41) is 2.73. The molecule has 0 aliphatic rings. The van der Waals surface area contributed by atoms with E-state index in [0.29, 0.717) is 17.2 Å². The smallest absolute Gasteiger partial charge is 0.243 e. The first-order chi connectivity index (χ1) is 14.7. The summed E-state index contributed by atoms with van der Waals surface area (Å²) in [6, 6.07) is 11.1. The molecule has 31 heavy (non-hydrogen) atoms. The zero-order valence-corrected chi connectivity index (χ0v) is 19.1. The van der Waals surface area contributed by atoms with Crippen LogP contribution in [-0.4, -0.2) is 66.2 Å². The first-order valence-corrected chi connectivity index (χ1v) is 10.9. The number of carbonyl (C=O) groups excluding carboxylic acids is 1. The van der Waals surface area contributed by atoms with Crippen LogP contribution in [0.25, 0.3) is 0 Å². The van der Waals surface area contributed by atoms with E-state index in [9.17, 15) is 13.2 Å². The molecule has 0 spiro atoms. The van der Waals surface area contributed by atoms with E-state index in [2.05, 4.69) is 5.32 Å². The molecule has 0 saturated heterocycles. The van der Waals surface area contributed by atoms with Crippen molar-refractivity contribution < 1.29 is 32.2 Å².